The lowest BCUT2D eigenvalue weighted by molar-refractivity contribution is -0.138. The van der Waals surface area contributed by atoms with Gasteiger partial charge < -0.3 is 10.4 Å². The van der Waals surface area contributed by atoms with Gasteiger partial charge >= 0.3 is 5.97 Å². The van der Waals surface area contributed by atoms with Crippen LogP contribution in [-0.2, 0) is 9.59 Å². The van der Waals surface area contributed by atoms with Gasteiger partial charge in [0.15, 0.2) is 0 Å². The summed E-state index contributed by atoms with van der Waals surface area (Å²) in [6.45, 7) is 6.56. The number of carboxylic acids is 1. The van der Waals surface area contributed by atoms with E-state index in [0.29, 0.717) is 18.9 Å². The lowest BCUT2D eigenvalue weighted by Crippen LogP contribution is -2.30. The first-order valence-corrected chi connectivity index (χ1v) is 5.94. The summed E-state index contributed by atoms with van der Waals surface area (Å²) in [6, 6.07) is 0. The number of carbonyl (C=O) groups is 2. The first-order chi connectivity index (χ1) is 7.45. The summed E-state index contributed by atoms with van der Waals surface area (Å²) in [6.07, 6.45) is 2.31. The Balaban J connectivity index is 3.75. The van der Waals surface area contributed by atoms with Crippen molar-refractivity contribution in [1.82, 2.24) is 5.32 Å². The molecule has 0 rings (SSSR count). The molecule has 16 heavy (non-hydrogen) atoms. The van der Waals surface area contributed by atoms with E-state index in [1.807, 2.05) is 6.92 Å². The molecule has 0 radical (unpaired) electrons. The van der Waals surface area contributed by atoms with Crippen LogP contribution >= 0.6 is 0 Å². The second-order valence-corrected chi connectivity index (χ2v) is 4.61. The summed E-state index contributed by atoms with van der Waals surface area (Å²) in [5, 5.41) is 11.4. The quantitative estimate of drug-likeness (QED) is 0.669. The Morgan fingerprint density at radius 3 is 2.38 bits per heavy atom. The van der Waals surface area contributed by atoms with Gasteiger partial charge in [-0.25, -0.2) is 0 Å². The second kappa shape index (κ2) is 8.13. The van der Waals surface area contributed by atoms with Gasteiger partial charge in [-0.1, -0.05) is 27.2 Å². The number of hydrogen-bond donors (Lipinski definition) is 2. The predicted molar refractivity (Wildman–Crippen MR) is 63.1 cm³/mol. The van der Waals surface area contributed by atoms with Crippen LogP contribution in [0.4, 0.5) is 0 Å². The molecule has 0 spiro atoms. The van der Waals surface area contributed by atoms with Gasteiger partial charge in [-0.3, -0.25) is 9.59 Å². The summed E-state index contributed by atoms with van der Waals surface area (Å²) in [4.78, 5) is 21.9. The summed E-state index contributed by atoms with van der Waals surface area (Å²) in [5.41, 5.74) is 0. The SMILES string of the molecule is CCC(CNC(=O)CCC(C)C)CC(=O)O. The van der Waals surface area contributed by atoms with E-state index in [2.05, 4.69) is 19.2 Å². The fraction of sp³-hybridized carbons (Fsp3) is 0.833. The van der Waals surface area contributed by atoms with Crippen molar-refractivity contribution in [3.63, 3.8) is 0 Å². The van der Waals surface area contributed by atoms with E-state index < -0.39 is 5.97 Å². The van der Waals surface area contributed by atoms with Crippen LogP contribution in [0.3, 0.4) is 0 Å². The molecule has 0 aromatic rings. The van der Waals surface area contributed by atoms with Crippen molar-refractivity contribution in [2.24, 2.45) is 11.8 Å². The fourth-order valence-electron chi connectivity index (χ4n) is 1.37. The van der Waals surface area contributed by atoms with Crippen molar-refractivity contribution >= 4 is 11.9 Å². The highest BCUT2D eigenvalue weighted by molar-refractivity contribution is 5.76. The van der Waals surface area contributed by atoms with Gasteiger partial charge in [0, 0.05) is 19.4 Å². The largest absolute Gasteiger partial charge is 0.481 e. The van der Waals surface area contributed by atoms with E-state index in [4.69, 9.17) is 5.11 Å². The highest BCUT2D eigenvalue weighted by Crippen LogP contribution is 2.07. The van der Waals surface area contributed by atoms with Crippen molar-refractivity contribution < 1.29 is 14.7 Å². The van der Waals surface area contributed by atoms with Crippen LogP contribution in [0.2, 0.25) is 0 Å². The van der Waals surface area contributed by atoms with Crippen molar-refractivity contribution in [2.75, 3.05) is 6.54 Å². The van der Waals surface area contributed by atoms with Gasteiger partial charge in [0.25, 0.3) is 0 Å². The van der Waals surface area contributed by atoms with Crippen molar-refractivity contribution in [1.29, 1.82) is 0 Å². The molecular formula is C12H23NO3. The Morgan fingerprint density at radius 1 is 1.31 bits per heavy atom. The lowest BCUT2D eigenvalue weighted by Gasteiger charge is -2.13. The minimum absolute atomic E-state index is 0.0255. The van der Waals surface area contributed by atoms with Gasteiger partial charge in [-0.2, -0.15) is 0 Å². The van der Waals surface area contributed by atoms with Crippen LogP contribution in [-0.4, -0.2) is 23.5 Å². The fourth-order valence-corrected chi connectivity index (χ4v) is 1.37. The van der Waals surface area contributed by atoms with Gasteiger partial charge in [-0.15, -0.1) is 0 Å². The highest BCUT2D eigenvalue weighted by Gasteiger charge is 2.12. The van der Waals surface area contributed by atoms with E-state index in [9.17, 15) is 9.59 Å². The van der Waals surface area contributed by atoms with Gasteiger partial charge in [0.05, 0.1) is 0 Å². The zero-order chi connectivity index (χ0) is 12.6. The summed E-state index contributed by atoms with van der Waals surface area (Å²) < 4.78 is 0. The van der Waals surface area contributed by atoms with Crippen LogP contribution in [0.25, 0.3) is 0 Å². The van der Waals surface area contributed by atoms with Gasteiger partial charge in [-0.05, 0) is 18.3 Å². The number of carboxylic acid groups (broad SMARTS) is 1. The number of hydrogen-bond acceptors (Lipinski definition) is 2. The van der Waals surface area contributed by atoms with E-state index in [1.54, 1.807) is 0 Å². The topological polar surface area (TPSA) is 66.4 Å². The third-order valence-electron chi connectivity index (χ3n) is 2.58. The number of rotatable bonds is 8. The third-order valence-corrected chi connectivity index (χ3v) is 2.58. The maximum absolute atomic E-state index is 11.4. The van der Waals surface area contributed by atoms with Crippen LogP contribution in [0, 0.1) is 11.8 Å². The summed E-state index contributed by atoms with van der Waals surface area (Å²) in [5.74, 6) is -0.215. The Kier molecular flexibility index (Phi) is 7.60. The molecule has 4 heteroatoms. The standard InChI is InChI=1S/C12H23NO3/c1-4-10(7-12(15)16)8-13-11(14)6-5-9(2)3/h9-10H,4-8H2,1-3H3,(H,13,14)(H,15,16). The molecule has 0 saturated heterocycles. The monoisotopic (exact) mass is 229 g/mol. The number of carbonyl (C=O) groups excluding carboxylic acids is 1. The van der Waals surface area contributed by atoms with Crippen molar-refractivity contribution in [3.8, 4) is 0 Å². The molecule has 0 aromatic carbocycles. The van der Waals surface area contributed by atoms with Crippen LogP contribution in [0.15, 0.2) is 0 Å². The minimum atomic E-state index is -0.803. The molecule has 1 atom stereocenters. The van der Waals surface area contributed by atoms with Crippen LogP contribution < -0.4 is 5.32 Å². The molecule has 4 nitrogen and oxygen atoms in total. The molecule has 94 valence electrons. The molecule has 1 amide bonds. The lowest BCUT2D eigenvalue weighted by atomic mass is 10.0. The minimum Gasteiger partial charge on any atom is -0.481 e. The van der Waals surface area contributed by atoms with E-state index in [0.717, 1.165) is 12.8 Å². The number of aliphatic carboxylic acids is 1. The molecule has 0 saturated carbocycles. The average molecular weight is 229 g/mol. The molecule has 1 unspecified atom stereocenters. The van der Waals surface area contributed by atoms with Crippen LogP contribution in [0.1, 0.15) is 46.5 Å². The first kappa shape index (κ1) is 14.9. The molecule has 0 aliphatic carbocycles. The normalized spacial score (nSPS) is 12.5. The van der Waals surface area contributed by atoms with Crippen LogP contribution in [0.5, 0.6) is 0 Å². The Labute approximate surface area is 97.4 Å². The number of amides is 1. The molecular weight excluding hydrogens is 206 g/mol. The van der Waals surface area contributed by atoms with E-state index in [-0.39, 0.29) is 18.2 Å². The Hall–Kier alpha value is -1.06. The molecule has 0 fully saturated rings. The van der Waals surface area contributed by atoms with Gasteiger partial charge in [0.1, 0.15) is 0 Å². The third kappa shape index (κ3) is 8.26. The molecule has 2 N–H and O–H groups in total. The first-order valence-electron chi connectivity index (χ1n) is 5.94. The predicted octanol–water partition coefficient (Wildman–Crippen LogP) is 2.04. The maximum atomic E-state index is 11.4. The van der Waals surface area contributed by atoms with E-state index >= 15 is 0 Å². The Morgan fingerprint density at radius 2 is 1.94 bits per heavy atom. The van der Waals surface area contributed by atoms with Crippen molar-refractivity contribution in [2.45, 2.75) is 46.5 Å². The Bertz CT molecular complexity index is 226. The number of nitrogens with one attached hydrogen (secondary N) is 1. The molecule has 0 aromatic heterocycles. The zero-order valence-corrected chi connectivity index (χ0v) is 10.5. The average Bonchev–Trinajstić information content (AvgIpc) is 2.20. The van der Waals surface area contributed by atoms with Crippen molar-refractivity contribution in [3.05, 3.63) is 0 Å². The van der Waals surface area contributed by atoms with E-state index in [1.165, 1.54) is 0 Å². The summed E-state index contributed by atoms with van der Waals surface area (Å²) in [7, 11) is 0. The maximum Gasteiger partial charge on any atom is 0.303 e. The summed E-state index contributed by atoms with van der Waals surface area (Å²) >= 11 is 0. The second-order valence-electron chi connectivity index (χ2n) is 4.61. The molecule has 0 aliphatic heterocycles. The smallest absolute Gasteiger partial charge is 0.303 e. The zero-order valence-electron chi connectivity index (χ0n) is 10.5. The highest BCUT2D eigenvalue weighted by atomic mass is 16.4. The molecule has 0 bridgehead atoms. The van der Waals surface area contributed by atoms with Gasteiger partial charge in [0.2, 0.25) is 5.91 Å². The molecule has 0 heterocycles. The molecule has 0 aliphatic rings.